The summed E-state index contributed by atoms with van der Waals surface area (Å²) in [6.45, 7) is 14.2. The fraction of sp³-hybridized carbons (Fsp3) is 0.657. The van der Waals surface area contributed by atoms with Crippen LogP contribution in [0.1, 0.15) is 98.1 Å². The molecule has 0 bridgehead atoms. The number of carbonyl (C=O) groups excluding carboxylic acids is 5. The van der Waals surface area contributed by atoms with Crippen LogP contribution in [-0.2, 0) is 28.8 Å². The highest BCUT2D eigenvalue weighted by Crippen LogP contribution is 2.41. The maximum atomic E-state index is 14.5. The second kappa shape index (κ2) is 14.5. The van der Waals surface area contributed by atoms with Gasteiger partial charge >= 0.3 is 6.09 Å². The van der Waals surface area contributed by atoms with Crippen molar-refractivity contribution < 1.29 is 38.3 Å². The van der Waals surface area contributed by atoms with E-state index >= 15 is 0 Å². The maximum Gasteiger partial charge on any atom is 0.408 e. The molecule has 4 rings (SSSR count). The average molecular weight is 704 g/mol. The molecule has 0 aromatic heterocycles. The smallest absolute Gasteiger partial charge is 0.408 e. The number of hydrogen-bond donors (Lipinski definition) is 3. The molecule has 0 unspecified atom stereocenters. The Hall–Kier alpha value is -3.87. The molecule has 13 nitrogen and oxygen atoms in total. The SMILES string of the molecule is CCC[C@H](NC(=O)[C@@H]1C[C@]2(CC(c3cc(C)c(OC)c(Cl)c3)=NO2)CN1C(=O)[C@@H](NC(=O)OC(C)(C)C)C(C)(C)C)C(=O)C(=O)NC1CC1. The zero-order valence-corrected chi connectivity index (χ0v) is 30.7. The first kappa shape index (κ1) is 37.9. The molecule has 270 valence electrons. The summed E-state index contributed by atoms with van der Waals surface area (Å²) in [7, 11) is 1.54. The number of methoxy groups -OCH3 is 1. The van der Waals surface area contributed by atoms with E-state index in [1.165, 1.54) is 12.0 Å². The number of nitrogens with zero attached hydrogens (tertiary/aromatic N) is 2. The second-order valence-corrected chi connectivity index (χ2v) is 15.8. The number of benzene rings is 1. The molecule has 1 aromatic carbocycles. The van der Waals surface area contributed by atoms with E-state index in [2.05, 4.69) is 21.1 Å². The Labute approximate surface area is 293 Å². The molecule has 0 radical (unpaired) electrons. The lowest BCUT2D eigenvalue weighted by molar-refractivity contribution is -0.144. The van der Waals surface area contributed by atoms with Crippen LogP contribution >= 0.6 is 11.6 Å². The summed E-state index contributed by atoms with van der Waals surface area (Å²) in [5, 5.41) is 13.0. The van der Waals surface area contributed by atoms with Gasteiger partial charge in [-0.2, -0.15) is 0 Å². The minimum Gasteiger partial charge on any atom is -0.495 e. The van der Waals surface area contributed by atoms with Crippen LogP contribution in [0, 0.1) is 12.3 Å². The van der Waals surface area contributed by atoms with Gasteiger partial charge in [-0.25, -0.2) is 4.79 Å². The number of halogens is 1. The lowest BCUT2D eigenvalue weighted by atomic mass is 9.85. The lowest BCUT2D eigenvalue weighted by Crippen LogP contribution is -2.59. The number of amides is 4. The van der Waals surface area contributed by atoms with Crippen LogP contribution in [0.25, 0.3) is 0 Å². The van der Waals surface area contributed by atoms with Gasteiger partial charge in [0.2, 0.25) is 17.6 Å². The van der Waals surface area contributed by atoms with Crippen molar-refractivity contribution >= 4 is 46.9 Å². The van der Waals surface area contributed by atoms with Crippen molar-refractivity contribution in [2.24, 2.45) is 10.6 Å². The van der Waals surface area contributed by atoms with Crippen molar-refractivity contribution in [1.29, 1.82) is 0 Å². The Kier molecular flexibility index (Phi) is 11.3. The van der Waals surface area contributed by atoms with Crippen LogP contribution in [0.15, 0.2) is 17.3 Å². The zero-order valence-electron chi connectivity index (χ0n) is 30.0. The summed E-state index contributed by atoms with van der Waals surface area (Å²) in [6, 6.07) is 0.306. The highest BCUT2D eigenvalue weighted by Gasteiger charge is 2.56. The predicted octanol–water partition coefficient (Wildman–Crippen LogP) is 4.19. The Morgan fingerprint density at radius 3 is 2.33 bits per heavy atom. The molecule has 14 heteroatoms. The molecular weight excluding hydrogens is 654 g/mol. The zero-order chi connectivity index (χ0) is 36.5. The van der Waals surface area contributed by atoms with E-state index in [1.54, 1.807) is 47.6 Å². The Bertz CT molecular complexity index is 1490. The monoisotopic (exact) mass is 703 g/mol. The van der Waals surface area contributed by atoms with Crippen LogP contribution in [0.2, 0.25) is 5.02 Å². The van der Waals surface area contributed by atoms with Gasteiger partial charge in [-0.3, -0.25) is 19.2 Å². The topological polar surface area (TPSA) is 165 Å². The van der Waals surface area contributed by atoms with E-state index in [0.717, 1.165) is 18.4 Å². The lowest BCUT2D eigenvalue weighted by Gasteiger charge is -2.36. The van der Waals surface area contributed by atoms with Gasteiger partial charge in [-0.15, -0.1) is 0 Å². The van der Waals surface area contributed by atoms with Gasteiger partial charge in [0.05, 0.1) is 30.4 Å². The summed E-state index contributed by atoms with van der Waals surface area (Å²) in [6.07, 6.45) is 1.91. The number of alkyl carbamates (subject to hydrolysis) is 1. The number of rotatable bonds is 11. The van der Waals surface area contributed by atoms with Crippen molar-refractivity contribution in [3.05, 3.63) is 28.3 Å². The van der Waals surface area contributed by atoms with Gasteiger partial charge in [0.1, 0.15) is 23.4 Å². The fourth-order valence-electron chi connectivity index (χ4n) is 6.15. The van der Waals surface area contributed by atoms with Gasteiger partial charge in [0.15, 0.2) is 5.60 Å². The Balaban J connectivity index is 1.64. The highest BCUT2D eigenvalue weighted by molar-refractivity contribution is 6.38. The van der Waals surface area contributed by atoms with Crippen molar-refractivity contribution in [3.63, 3.8) is 0 Å². The summed E-state index contributed by atoms with van der Waals surface area (Å²) < 4.78 is 10.9. The normalized spacial score (nSPS) is 21.7. The molecule has 1 saturated carbocycles. The quantitative estimate of drug-likeness (QED) is 0.289. The molecule has 1 aromatic rings. The third kappa shape index (κ3) is 9.23. The number of likely N-dealkylation sites (tertiary alicyclic amines) is 1. The highest BCUT2D eigenvalue weighted by atomic mass is 35.5. The molecule has 1 saturated heterocycles. The van der Waals surface area contributed by atoms with Crippen LogP contribution in [0.3, 0.4) is 0 Å². The Morgan fingerprint density at radius 1 is 1.10 bits per heavy atom. The number of oxime groups is 1. The first-order valence-electron chi connectivity index (χ1n) is 16.8. The number of hydrogen-bond acceptors (Lipinski definition) is 9. The summed E-state index contributed by atoms with van der Waals surface area (Å²) in [5.41, 5.74) is -0.600. The van der Waals surface area contributed by atoms with E-state index in [-0.39, 0.29) is 31.8 Å². The van der Waals surface area contributed by atoms with Gasteiger partial charge in [0.25, 0.3) is 5.91 Å². The van der Waals surface area contributed by atoms with E-state index in [9.17, 15) is 24.0 Å². The first-order valence-corrected chi connectivity index (χ1v) is 17.2. The number of Topliss-reactive ketones (excluding diaryl/α,β-unsaturated/α-hetero) is 1. The number of aryl methyl sites for hydroxylation is 1. The molecular formula is C35H50ClN5O8. The number of ether oxygens (including phenoxy) is 2. The summed E-state index contributed by atoms with van der Waals surface area (Å²) in [5.74, 6) is -2.07. The van der Waals surface area contributed by atoms with Gasteiger partial charge < -0.3 is 35.2 Å². The standard InChI is InChI=1S/C35H50ClN5O8/c1-10-11-23(26(42)30(44)37-21-12-13-21)38-29(43)25-17-35(16-24(40-49-35)20-14-19(2)27(47-9)22(36)15-20)18-41(25)31(45)28(33(3,4)5)39-32(46)48-34(6,7)8/h14-15,21,23,25,28H,10-13,16-18H2,1-9H3,(H,37,44)(H,38,43)(H,39,46)/t23-,25-,28+,35+/m0/s1. The summed E-state index contributed by atoms with van der Waals surface area (Å²) in [4.78, 5) is 74.8. The van der Waals surface area contributed by atoms with Crippen LogP contribution < -0.4 is 20.7 Å². The van der Waals surface area contributed by atoms with E-state index in [1.807, 2.05) is 19.9 Å². The number of nitrogens with one attached hydrogen (secondary N) is 3. The van der Waals surface area contributed by atoms with Gasteiger partial charge in [-0.1, -0.05) is 50.9 Å². The molecule has 1 spiro atoms. The number of ketones is 1. The number of carbonyl (C=O) groups is 5. The molecule has 2 heterocycles. The molecule has 49 heavy (non-hydrogen) atoms. The molecule has 4 amide bonds. The first-order chi connectivity index (χ1) is 22.8. The average Bonchev–Trinajstić information content (AvgIpc) is 3.58. The molecule has 2 fully saturated rings. The van der Waals surface area contributed by atoms with Crippen molar-refractivity contribution in [3.8, 4) is 5.75 Å². The third-order valence-electron chi connectivity index (χ3n) is 8.71. The minimum atomic E-state index is -1.10. The Morgan fingerprint density at radius 2 is 1.78 bits per heavy atom. The van der Waals surface area contributed by atoms with Crippen LogP contribution in [0.4, 0.5) is 4.79 Å². The molecule has 3 N–H and O–H groups in total. The van der Waals surface area contributed by atoms with Crippen molar-refractivity contribution in [2.45, 2.75) is 129 Å². The summed E-state index contributed by atoms with van der Waals surface area (Å²) >= 11 is 6.48. The molecule has 2 aliphatic heterocycles. The van der Waals surface area contributed by atoms with E-state index < -0.39 is 64.3 Å². The van der Waals surface area contributed by atoms with Crippen molar-refractivity contribution in [2.75, 3.05) is 13.7 Å². The third-order valence-corrected chi connectivity index (χ3v) is 8.99. The van der Waals surface area contributed by atoms with Gasteiger partial charge in [0, 0.05) is 24.4 Å². The van der Waals surface area contributed by atoms with Gasteiger partial charge in [-0.05, 0) is 70.1 Å². The second-order valence-electron chi connectivity index (χ2n) is 15.4. The van der Waals surface area contributed by atoms with E-state index in [0.29, 0.717) is 28.5 Å². The maximum absolute atomic E-state index is 14.5. The van der Waals surface area contributed by atoms with Crippen molar-refractivity contribution in [1.82, 2.24) is 20.9 Å². The van der Waals surface area contributed by atoms with Crippen LogP contribution in [0.5, 0.6) is 5.75 Å². The predicted molar refractivity (Wildman–Crippen MR) is 183 cm³/mol. The minimum absolute atomic E-state index is 0.0258. The largest absolute Gasteiger partial charge is 0.495 e. The molecule has 4 atom stereocenters. The van der Waals surface area contributed by atoms with Crippen LogP contribution in [-0.4, -0.2) is 89.2 Å². The molecule has 1 aliphatic carbocycles. The molecule has 3 aliphatic rings. The van der Waals surface area contributed by atoms with E-state index in [4.69, 9.17) is 25.9 Å². The fourth-order valence-corrected chi connectivity index (χ4v) is 6.49.